The topological polar surface area (TPSA) is 84.0 Å². The van der Waals surface area contributed by atoms with E-state index in [0.29, 0.717) is 30.7 Å². The second kappa shape index (κ2) is 8.75. The van der Waals surface area contributed by atoms with Gasteiger partial charge in [0.25, 0.3) is 5.91 Å². The number of ether oxygens (including phenoxy) is 1. The van der Waals surface area contributed by atoms with Crippen molar-refractivity contribution in [1.29, 1.82) is 0 Å². The van der Waals surface area contributed by atoms with Gasteiger partial charge < -0.3 is 9.64 Å². The van der Waals surface area contributed by atoms with Crippen molar-refractivity contribution in [1.82, 2.24) is 9.21 Å². The van der Waals surface area contributed by atoms with Crippen LogP contribution in [0, 0.1) is 13.8 Å². The van der Waals surface area contributed by atoms with Crippen LogP contribution >= 0.6 is 0 Å². The van der Waals surface area contributed by atoms with E-state index < -0.39 is 10.0 Å². The van der Waals surface area contributed by atoms with Crippen molar-refractivity contribution in [3.63, 3.8) is 0 Å². The Bertz CT molecular complexity index is 1010. The first-order valence-electron chi connectivity index (χ1n) is 9.35. The lowest BCUT2D eigenvalue weighted by Gasteiger charge is -2.34. The first-order valence-corrected chi connectivity index (χ1v) is 10.8. The van der Waals surface area contributed by atoms with Crippen LogP contribution in [0.3, 0.4) is 0 Å². The van der Waals surface area contributed by atoms with E-state index in [1.807, 2.05) is 13.8 Å². The molecule has 0 bridgehead atoms. The minimum atomic E-state index is -3.59. The van der Waals surface area contributed by atoms with Crippen LogP contribution in [-0.2, 0) is 14.8 Å². The lowest BCUT2D eigenvalue weighted by Crippen LogP contribution is -2.51. The smallest absolute Gasteiger partial charge is 0.260 e. The molecule has 0 saturated carbocycles. The molecule has 29 heavy (non-hydrogen) atoms. The highest BCUT2D eigenvalue weighted by Gasteiger charge is 2.30. The van der Waals surface area contributed by atoms with E-state index in [1.54, 1.807) is 47.4 Å². The molecule has 0 atom stereocenters. The van der Waals surface area contributed by atoms with Crippen molar-refractivity contribution < 1.29 is 22.7 Å². The highest BCUT2D eigenvalue weighted by atomic mass is 32.2. The Morgan fingerprint density at radius 1 is 1.03 bits per heavy atom. The Morgan fingerprint density at radius 3 is 2.38 bits per heavy atom. The Hall–Kier alpha value is -2.71. The number of hydrogen-bond acceptors (Lipinski definition) is 5. The molecule has 1 amide bonds. The molecular weight excluding hydrogens is 392 g/mol. The molecular formula is C21H24N2O5S. The van der Waals surface area contributed by atoms with Crippen LogP contribution in [0.1, 0.15) is 21.5 Å². The number of piperazine rings is 1. The van der Waals surface area contributed by atoms with Crippen molar-refractivity contribution in [2.75, 3.05) is 32.8 Å². The third kappa shape index (κ3) is 4.65. The van der Waals surface area contributed by atoms with Gasteiger partial charge in [-0.05, 0) is 49.2 Å². The molecule has 1 aliphatic heterocycles. The van der Waals surface area contributed by atoms with E-state index in [0.717, 1.165) is 11.1 Å². The summed E-state index contributed by atoms with van der Waals surface area (Å²) in [6.07, 6.45) is 0.677. The number of rotatable bonds is 6. The number of aryl methyl sites for hydroxylation is 2. The summed E-state index contributed by atoms with van der Waals surface area (Å²) in [6.45, 7) is 4.66. The molecule has 154 valence electrons. The van der Waals surface area contributed by atoms with Gasteiger partial charge >= 0.3 is 0 Å². The molecule has 8 heteroatoms. The Morgan fingerprint density at radius 2 is 1.72 bits per heavy atom. The summed E-state index contributed by atoms with van der Waals surface area (Å²) in [6, 6.07) is 11.8. The lowest BCUT2D eigenvalue weighted by molar-refractivity contribution is -0.134. The first-order chi connectivity index (χ1) is 13.8. The number of amides is 1. The number of hydrogen-bond donors (Lipinski definition) is 0. The summed E-state index contributed by atoms with van der Waals surface area (Å²) in [5.74, 6) is 0.112. The number of carbonyl (C=O) groups excluding carboxylic acids is 2. The van der Waals surface area contributed by atoms with E-state index in [9.17, 15) is 18.0 Å². The van der Waals surface area contributed by atoms with Crippen LogP contribution in [0.15, 0.2) is 47.4 Å². The molecule has 1 fully saturated rings. The summed E-state index contributed by atoms with van der Waals surface area (Å²) in [4.78, 5) is 25.3. The average Bonchev–Trinajstić information content (AvgIpc) is 2.74. The molecule has 1 heterocycles. The van der Waals surface area contributed by atoms with Gasteiger partial charge in [0.05, 0.1) is 10.5 Å². The molecule has 2 aromatic carbocycles. The predicted octanol–water partition coefficient (Wildman–Crippen LogP) is 2.03. The molecule has 0 N–H and O–H groups in total. The van der Waals surface area contributed by atoms with Gasteiger partial charge in [-0.1, -0.05) is 18.2 Å². The zero-order valence-corrected chi connectivity index (χ0v) is 17.3. The van der Waals surface area contributed by atoms with Crippen LogP contribution < -0.4 is 4.74 Å². The van der Waals surface area contributed by atoms with Crippen molar-refractivity contribution in [3.05, 3.63) is 59.2 Å². The molecule has 1 aliphatic rings. The van der Waals surface area contributed by atoms with Crippen LogP contribution in [-0.4, -0.2) is 62.6 Å². The Balaban J connectivity index is 1.58. The van der Waals surface area contributed by atoms with E-state index in [1.165, 1.54) is 4.31 Å². The summed E-state index contributed by atoms with van der Waals surface area (Å²) in [7, 11) is -3.59. The minimum Gasteiger partial charge on any atom is -0.483 e. The van der Waals surface area contributed by atoms with E-state index in [-0.39, 0.29) is 30.5 Å². The zero-order chi connectivity index (χ0) is 21.0. The molecule has 0 aliphatic carbocycles. The maximum atomic E-state index is 12.9. The summed E-state index contributed by atoms with van der Waals surface area (Å²) in [5.41, 5.74) is 2.34. The molecule has 7 nitrogen and oxygen atoms in total. The highest BCUT2D eigenvalue weighted by molar-refractivity contribution is 7.89. The van der Waals surface area contributed by atoms with Crippen LogP contribution in [0.25, 0.3) is 0 Å². The third-order valence-electron chi connectivity index (χ3n) is 5.10. The minimum absolute atomic E-state index is 0.200. The highest BCUT2D eigenvalue weighted by Crippen LogP contribution is 2.21. The second-order valence-electron chi connectivity index (χ2n) is 6.98. The molecule has 1 saturated heterocycles. The fourth-order valence-corrected chi connectivity index (χ4v) is 4.65. The number of carbonyl (C=O) groups is 2. The molecule has 0 spiro atoms. The van der Waals surface area contributed by atoms with Gasteiger partial charge in [-0.2, -0.15) is 4.31 Å². The van der Waals surface area contributed by atoms with Gasteiger partial charge in [0.15, 0.2) is 12.9 Å². The maximum absolute atomic E-state index is 12.9. The number of sulfonamides is 1. The van der Waals surface area contributed by atoms with Gasteiger partial charge in [-0.25, -0.2) is 8.42 Å². The Labute approximate surface area is 170 Å². The lowest BCUT2D eigenvalue weighted by atomic mass is 10.1. The average molecular weight is 416 g/mol. The SMILES string of the molecule is Cc1ccc(S(=O)(=O)N2CCN(C(=O)COc3ccccc3C=O)CC2)cc1C. The molecule has 0 radical (unpaired) electrons. The quantitative estimate of drug-likeness (QED) is 0.673. The van der Waals surface area contributed by atoms with Crippen molar-refractivity contribution in [3.8, 4) is 5.75 Å². The standard InChI is InChI=1S/C21H24N2O5S/c1-16-7-8-19(13-17(16)2)29(26,27)23-11-9-22(10-12-23)21(25)15-28-20-6-4-3-5-18(20)14-24/h3-8,13-14H,9-12,15H2,1-2H3. The molecule has 0 aromatic heterocycles. The largest absolute Gasteiger partial charge is 0.483 e. The molecule has 0 unspecified atom stereocenters. The van der Waals surface area contributed by atoms with Crippen molar-refractivity contribution >= 4 is 22.2 Å². The summed E-state index contributed by atoms with van der Waals surface area (Å²) >= 11 is 0. The van der Waals surface area contributed by atoms with E-state index >= 15 is 0 Å². The first kappa shape index (κ1) is 21.0. The zero-order valence-electron chi connectivity index (χ0n) is 16.5. The van der Waals surface area contributed by atoms with E-state index in [2.05, 4.69) is 0 Å². The monoisotopic (exact) mass is 416 g/mol. The van der Waals surface area contributed by atoms with Gasteiger partial charge in [0.1, 0.15) is 5.75 Å². The molecule has 3 rings (SSSR count). The number of nitrogens with zero attached hydrogens (tertiary/aromatic N) is 2. The Kier molecular flexibility index (Phi) is 6.34. The van der Waals surface area contributed by atoms with Gasteiger partial charge in [-0.3, -0.25) is 9.59 Å². The summed E-state index contributed by atoms with van der Waals surface area (Å²) in [5, 5.41) is 0. The third-order valence-corrected chi connectivity index (χ3v) is 7.00. The fourth-order valence-electron chi connectivity index (χ4n) is 3.14. The van der Waals surface area contributed by atoms with Crippen LogP contribution in [0.4, 0.5) is 0 Å². The number of para-hydroxylation sites is 1. The second-order valence-corrected chi connectivity index (χ2v) is 8.91. The van der Waals surface area contributed by atoms with Crippen molar-refractivity contribution in [2.45, 2.75) is 18.7 Å². The van der Waals surface area contributed by atoms with Gasteiger partial charge in [0, 0.05) is 26.2 Å². The van der Waals surface area contributed by atoms with Crippen molar-refractivity contribution in [2.24, 2.45) is 0 Å². The maximum Gasteiger partial charge on any atom is 0.260 e. The van der Waals surface area contributed by atoms with Gasteiger partial charge in [-0.15, -0.1) is 0 Å². The van der Waals surface area contributed by atoms with Crippen LogP contribution in [0.5, 0.6) is 5.75 Å². The molecule has 2 aromatic rings. The predicted molar refractivity (Wildman–Crippen MR) is 109 cm³/mol. The fraction of sp³-hybridized carbons (Fsp3) is 0.333. The number of benzene rings is 2. The van der Waals surface area contributed by atoms with Crippen LogP contribution in [0.2, 0.25) is 0 Å². The van der Waals surface area contributed by atoms with E-state index in [4.69, 9.17) is 4.74 Å². The van der Waals surface area contributed by atoms with Gasteiger partial charge in [0.2, 0.25) is 10.0 Å². The normalized spacial score (nSPS) is 15.2. The summed E-state index contributed by atoms with van der Waals surface area (Å²) < 4.78 is 32.6. The number of aldehydes is 1.